The summed E-state index contributed by atoms with van der Waals surface area (Å²) in [4.78, 5) is 0. The van der Waals surface area contributed by atoms with Crippen LogP contribution in [0.2, 0.25) is 0 Å². The molecular weight excluding hydrogens is 198 g/mol. The summed E-state index contributed by atoms with van der Waals surface area (Å²) in [6.07, 6.45) is 5.01. The quantitative estimate of drug-likeness (QED) is 0.822. The third-order valence-electron chi connectivity index (χ3n) is 3.83. The van der Waals surface area contributed by atoms with Crippen LogP contribution < -0.4 is 10.1 Å². The Bertz CT molecular complexity index is 394. The van der Waals surface area contributed by atoms with E-state index in [1.165, 1.54) is 36.8 Å². The van der Waals surface area contributed by atoms with E-state index in [1.807, 2.05) is 0 Å². The van der Waals surface area contributed by atoms with E-state index in [0.29, 0.717) is 0 Å². The van der Waals surface area contributed by atoms with Crippen LogP contribution >= 0.6 is 0 Å². The van der Waals surface area contributed by atoms with Gasteiger partial charge in [-0.05, 0) is 55.9 Å². The lowest BCUT2D eigenvalue weighted by molar-refractivity contribution is 0.0967. The van der Waals surface area contributed by atoms with Crippen molar-refractivity contribution < 1.29 is 4.74 Å². The molecule has 1 saturated carbocycles. The molecule has 3 rings (SSSR count). The van der Waals surface area contributed by atoms with Crippen molar-refractivity contribution in [3.63, 3.8) is 0 Å². The molecule has 0 amide bonds. The van der Waals surface area contributed by atoms with Crippen LogP contribution in [0.5, 0.6) is 5.75 Å². The third kappa shape index (κ3) is 1.82. The maximum Gasteiger partial charge on any atom is 0.120 e. The molecule has 1 aliphatic carbocycles. The van der Waals surface area contributed by atoms with Crippen molar-refractivity contribution in [3.8, 4) is 5.75 Å². The highest BCUT2D eigenvalue weighted by Gasteiger charge is 2.30. The third-order valence-corrected chi connectivity index (χ3v) is 3.83. The Morgan fingerprint density at radius 3 is 2.69 bits per heavy atom. The van der Waals surface area contributed by atoms with Crippen molar-refractivity contribution in [3.05, 3.63) is 29.3 Å². The number of ether oxygens (including phenoxy) is 1. The van der Waals surface area contributed by atoms with Crippen molar-refractivity contribution in [1.29, 1.82) is 0 Å². The number of fused-ring (bicyclic) bond motifs is 1. The first-order valence-corrected chi connectivity index (χ1v) is 6.27. The highest BCUT2D eigenvalue weighted by molar-refractivity contribution is 5.38. The molecule has 86 valence electrons. The maximum absolute atomic E-state index is 6.16. The van der Waals surface area contributed by atoms with Crippen molar-refractivity contribution in [2.24, 2.45) is 0 Å². The summed E-state index contributed by atoms with van der Waals surface area (Å²) in [5, 5.41) is 3.36. The Morgan fingerprint density at radius 2 is 1.88 bits per heavy atom. The Labute approximate surface area is 97.0 Å². The molecule has 0 bridgehead atoms. The Morgan fingerprint density at radius 1 is 1.12 bits per heavy atom. The fraction of sp³-hybridized carbons (Fsp3) is 0.571. The average Bonchev–Trinajstić information content (AvgIpc) is 2.86. The van der Waals surface area contributed by atoms with Gasteiger partial charge in [-0.3, -0.25) is 0 Å². The van der Waals surface area contributed by atoms with Gasteiger partial charge in [-0.2, -0.15) is 0 Å². The van der Waals surface area contributed by atoms with E-state index in [4.69, 9.17) is 4.74 Å². The Balaban J connectivity index is 1.80. The standard InChI is InChI=1S/C14H19NO/c1-14(6-2-3-7-14)16-13-5-4-11-9-15-10-12(11)8-13/h4-5,8,15H,2-3,6-7,9-10H2,1H3. The molecule has 1 aromatic rings. The highest BCUT2D eigenvalue weighted by Crippen LogP contribution is 2.34. The van der Waals surface area contributed by atoms with Crippen LogP contribution in [0, 0.1) is 0 Å². The summed E-state index contributed by atoms with van der Waals surface area (Å²) in [5.74, 6) is 1.05. The molecule has 0 unspecified atom stereocenters. The number of benzene rings is 1. The topological polar surface area (TPSA) is 21.3 Å². The molecule has 0 atom stereocenters. The maximum atomic E-state index is 6.16. The van der Waals surface area contributed by atoms with Gasteiger partial charge in [-0.15, -0.1) is 0 Å². The van der Waals surface area contributed by atoms with Crippen molar-refractivity contribution in [2.45, 2.75) is 51.3 Å². The van der Waals surface area contributed by atoms with Crippen molar-refractivity contribution in [1.82, 2.24) is 5.32 Å². The van der Waals surface area contributed by atoms with Crippen LogP contribution in [-0.4, -0.2) is 5.60 Å². The normalized spacial score (nSPS) is 22.1. The van der Waals surface area contributed by atoms with E-state index >= 15 is 0 Å². The van der Waals surface area contributed by atoms with Gasteiger partial charge in [0.05, 0.1) is 0 Å². The van der Waals surface area contributed by atoms with E-state index in [-0.39, 0.29) is 5.60 Å². The first kappa shape index (κ1) is 10.2. The van der Waals surface area contributed by atoms with Gasteiger partial charge in [-0.25, -0.2) is 0 Å². The number of hydrogen-bond donors (Lipinski definition) is 1. The molecule has 0 spiro atoms. The second kappa shape index (κ2) is 3.77. The van der Waals surface area contributed by atoms with E-state index < -0.39 is 0 Å². The largest absolute Gasteiger partial charge is 0.488 e. The van der Waals surface area contributed by atoms with E-state index in [9.17, 15) is 0 Å². The predicted molar refractivity (Wildman–Crippen MR) is 64.5 cm³/mol. The van der Waals surface area contributed by atoms with Crippen LogP contribution in [0.25, 0.3) is 0 Å². The second-order valence-corrected chi connectivity index (χ2v) is 5.29. The van der Waals surface area contributed by atoms with Gasteiger partial charge >= 0.3 is 0 Å². The van der Waals surface area contributed by atoms with E-state index in [2.05, 4.69) is 30.4 Å². The van der Waals surface area contributed by atoms with Crippen molar-refractivity contribution >= 4 is 0 Å². The average molecular weight is 217 g/mol. The number of rotatable bonds is 2. The molecule has 0 aromatic heterocycles. The molecule has 1 aromatic carbocycles. The predicted octanol–water partition coefficient (Wildman–Crippen LogP) is 3.00. The van der Waals surface area contributed by atoms with Gasteiger partial charge in [0.2, 0.25) is 0 Å². The zero-order chi connectivity index (χ0) is 11.0. The molecular formula is C14H19NO. The molecule has 1 heterocycles. The minimum atomic E-state index is 0.0836. The lowest BCUT2D eigenvalue weighted by Crippen LogP contribution is -2.28. The van der Waals surface area contributed by atoms with E-state index in [0.717, 1.165) is 18.8 Å². The lowest BCUT2D eigenvalue weighted by atomic mass is 10.1. The first-order chi connectivity index (χ1) is 7.75. The van der Waals surface area contributed by atoms with Crippen LogP contribution in [0.4, 0.5) is 0 Å². The fourth-order valence-electron chi connectivity index (χ4n) is 2.84. The molecule has 2 heteroatoms. The molecule has 0 radical (unpaired) electrons. The summed E-state index contributed by atoms with van der Waals surface area (Å²) in [5.41, 5.74) is 2.91. The fourth-order valence-corrected chi connectivity index (χ4v) is 2.84. The second-order valence-electron chi connectivity index (χ2n) is 5.29. The minimum Gasteiger partial charge on any atom is -0.488 e. The van der Waals surface area contributed by atoms with Crippen LogP contribution in [0.1, 0.15) is 43.7 Å². The minimum absolute atomic E-state index is 0.0836. The van der Waals surface area contributed by atoms with Crippen LogP contribution in [-0.2, 0) is 13.1 Å². The lowest BCUT2D eigenvalue weighted by Gasteiger charge is -2.25. The van der Waals surface area contributed by atoms with Gasteiger partial charge in [-0.1, -0.05) is 6.07 Å². The van der Waals surface area contributed by atoms with E-state index in [1.54, 1.807) is 0 Å². The van der Waals surface area contributed by atoms with Gasteiger partial charge in [0.25, 0.3) is 0 Å². The summed E-state index contributed by atoms with van der Waals surface area (Å²) in [6, 6.07) is 6.53. The highest BCUT2D eigenvalue weighted by atomic mass is 16.5. The van der Waals surface area contributed by atoms with Gasteiger partial charge in [0.1, 0.15) is 11.4 Å². The molecule has 1 N–H and O–H groups in total. The van der Waals surface area contributed by atoms with Gasteiger partial charge in [0, 0.05) is 13.1 Å². The van der Waals surface area contributed by atoms with Gasteiger partial charge in [0.15, 0.2) is 0 Å². The smallest absolute Gasteiger partial charge is 0.120 e. The van der Waals surface area contributed by atoms with Crippen LogP contribution in [0.3, 0.4) is 0 Å². The summed E-state index contributed by atoms with van der Waals surface area (Å²) >= 11 is 0. The Hall–Kier alpha value is -1.02. The number of nitrogens with one attached hydrogen (secondary N) is 1. The molecule has 1 fully saturated rings. The zero-order valence-corrected chi connectivity index (χ0v) is 9.88. The number of hydrogen-bond acceptors (Lipinski definition) is 2. The monoisotopic (exact) mass is 217 g/mol. The Kier molecular flexibility index (Phi) is 2.40. The molecule has 16 heavy (non-hydrogen) atoms. The SMILES string of the molecule is CC1(Oc2ccc3c(c2)CNC3)CCCC1. The molecule has 0 saturated heterocycles. The zero-order valence-electron chi connectivity index (χ0n) is 9.88. The van der Waals surface area contributed by atoms with Crippen LogP contribution in [0.15, 0.2) is 18.2 Å². The summed E-state index contributed by atoms with van der Waals surface area (Å²) in [7, 11) is 0. The molecule has 1 aliphatic heterocycles. The molecule has 2 nitrogen and oxygen atoms in total. The van der Waals surface area contributed by atoms with Crippen molar-refractivity contribution in [2.75, 3.05) is 0 Å². The summed E-state index contributed by atoms with van der Waals surface area (Å²) < 4.78 is 6.16. The first-order valence-electron chi connectivity index (χ1n) is 6.27. The van der Waals surface area contributed by atoms with Gasteiger partial charge < -0.3 is 10.1 Å². The summed E-state index contributed by atoms with van der Waals surface area (Å²) in [6.45, 7) is 4.24. The molecule has 2 aliphatic rings.